The van der Waals surface area contributed by atoms with Crippen molar-refractivity contribution in [2.24, 2.45) is 5.92 Å². The average molecular weight is 334 g/mol. The Hall–Kier alpha value is -3.06. The van der Waals surface area contributed by atoms with E-state index >= 15 is 0 Å². The second kappa shape index (κ2) is 8.70. The van der Waals surface area contributed by atoms with E-state index in [0.717, 1.165) is 16.9 Å². The molecule has 0 bridgehead atoms. The van der Waals surface area contributed by atoms with E-state index in [1.807, 2.05) is 61.5 Å². The zero-order valence-electron chi connectivity index (χ0n) is 14.7. The van der Waals surface area contributed by atoms with Crippen molar-refractivity contribution in [1.29, 1.82) is 5.26 Å². The van der Waals surface area contributed by atoms with E-state index in [0.29, 0.717) is 18.2 Å². The Morgan fingerprint density at radius 3 is 2.48 bits per heavy atom. The second-order valence-electron chi connectivity index (χ2n) is 6.21. The molecule has 128 valence electrons. The van der Waals surface area contributed by atoms with Crippen molar-refractivity contribution in [3.05, 3.63) is 65.2 Å². The highest BCUT2D eigenvalue weighted by Crippen LogP contribution is 2.17. The number of carbonyl (C=O) groups is 1. The van der Waals surface area contributed by atoms with Gasteiger partial charge in [0.25, 0.3) is 5.91 Å². The predicted molar refractivity (Wildman–Crippen MR) is 100 cm³/mol. The number of ether oxygens (including phenoxy) is 1. The lowest BCUT2D eigenvalue weighted by molar-refractivity contribution is -0.112. The molecule has 0 atom stereocenters. The SMILES string of the molecule is Cc1ccccc1NC(=O)/C(C#N)=C\c1ccc(OCC(C)C)cc1. The number of carbonyl (C=O) groups excluding carboxylic acids is 1. The molecule has 0 aliphatic rings. The number of hydrogen-bond acceptors (Lipinski definition) is 3. The smallest absolute Gasteiger partial charge is 0.266 e. The molecular formula is C21H22N2O2. The van der Waals surface area contributed by atoms with Gasteiger partial charge in [-0.05, 0) is 48.2 Å². The van der Waals surface area contributed by atoms with Crippen LogP contribution in [-0.4, -0.2) is 12.5 Å². The number of benzene rings is 2. The summed E-state index contributed by atoms with van der Waals surface area (Å²) in [6.07, 6.45) is 1.57. The van der Waals surface area contributed by atoms with Crippen LogP contribution in [0, 0.1) is 24.2 Å². The molecule has 0 saturated heterocycles. The summed E-state index contributed by atoms with van der Waals surface area (Å²) >= 11 is 0. The van der Waals surface area contributed by atoms with Crippen molar-refractivity contribution < 1.29 is 9.53 Å². The van der Waals surface area contributed by atoms with Crippen LogP contribution in [0.5, 0.6) is 5.75 Å². The Morgan fingerprint density at radius 2 is 1.88 bits per heavy atom. The summed E-state index contributed by atoms with van der Waals surface area (Å²) in [5, 5.41) is 12.1. The van der Waals surface area contributed by atoms with Crippen LogP contribution in [0.1, 0.15) is 25.0 Å². The van der Waals surface area contributed by atoms with Crippen LogP contribution in [0.2, 0.25) is 0 Å². The molecule has 0 saturated carbocycles. The summed E-state index contributed by atoms with van der Waals surface area (Å²) in [6, 6.07) is 16.7. The van der Waals surface area contributed by atoms with Gasteiger partial charge in [0.05, 0.1) is 6.61 Å². The first-order chi connectivity index (χ1) is 12.0. The van der Waals surface area contributed by atoms with Crippen molar-refractivity contribution in [3.8, 4) is 11.8 Å². The molecule has 2 aromatic carbocycles. The highest BCUT2D eigenvalue weighted by atomic mass is 16.5. The molecule has 25 heavy (non-hydrogen) atoms. The van der Waals surface area contributed by atoms with Crippen LogP contribution in [-0.2, 0) is 4.79 Å². The number of para-hydroxylation sites is 1. The molecule has 0 heterocycles. The van der Waals surface area contributed by atoms with Crippen LogP contribution in [0.4, 0.5) is 5.69 Å². The van der Waals surface area contributed by atoms with Crippen LogP contribution in [0.25, 0.3) is 6.08 Å². The maximum Gasteiger partial charge on any atom is 0.266 e. The third-order valence-electron chi connectivity index (χ3n) is 3.53. The van der Waals surface area contributed by atoms with Crippen molar-refractivity contribution in [1.82, 2.24) is 0 Å². The molecule has 2 rings (SSSR count). The predicted octanol–water partition coefficient (Wildman–Crippen LogP) is 4.58. The number of hydrogen-bond donors (Lipinski definition) is 1. The van der Waals surface area contributed by atoms with Crippen molar-refractivity contribution in [2.45, 2.75) is 20.8 Å². The van der Waals surface area contributed by atoms with Gasteiger partial charge in [-0.25, -0.2) is 0 Å². The number of nitrogens with zero attached hydrogens (tertiary/aromatic N) is 1. The lowest BCUT2D eigenvalue weighted by Crippen LogP contribution is -2.14. The fourth-order valence-corrected chi connectivity index (χ4v) is 2.14. The third-order valence-corrected chi connectivity index (χ3v) is 3.53. The lowest BCUT2D eigenvalue weighted by atomic mass is 10.1. The summed E-state index contributed by atoms with van der Waals surface area (Å²) in [6.45, 7) is 6.73. The molecule has 0 spiro atoms. The van der Waals surface area contributed by atoms with Gasteiger partial charge in [-0.1, -0.05) is 44.2 Å². The Labute approximate surface area is 148 Å². The maximum atomic E-state index is 12.3. The minimum atomic E-state index is -0.420. The van der Waals surface area contributed by atoms with E-state index in [2.05, 4.69) is 19.2 Å². The molecule has 1 amide bonds. The number of amides is 1. The molecule has 2 aromatic rings. The summed E-state index contributed by atoms with van der Waals surface area (Å²) < 4.78 is 5.63. The van der Waals surface area contributed by atoms with Crippen LogP contribution in [0.15, 0.2) is 54.1 Å². The number of anilines is 1. The van der Waals surface area contributed by atoms with Gasteiger partial charge in [-0.3, -0.25) is 4.79 Å². The molecular weight excluding hydrogens is 312 g/mol. The second-order valence-corrected chi connectivity index (χ2v) is 6.21. The third kappa shape index (κ3) is 5.50. The van der Waals surface area contributed by atoms with Crippen molar-refractivity contribution in [3.63, 3.8) is 0 Å². The van der Waals surface area contributed by atoms with E-state index < -0.39 is 5.91 Å². The van der Waals surface area contributed by atoms with Gasteiger partial charge in [0.2, 0.25) is 0 Å². The number of nitrogens with one attached hydrogen (secondary N) is 1. The van der Waals surface area contributed by atoms with E-state index in [4.69, 9.17) is 4.74 Å². The van der Waals surface area contributed by atoms with Gasteiger partial charge < -0.3 is 10.1 Å². The molecule has 4 heteroatoms. The Balaban J connectivity index is 2.10. The quantitative estimate of drug-likeness (QED) is 0.621. The van der Waals surface area contributed by atoms with Crippen LogP contribution >= 0.6 is 0 Å². The molecule has 0 aromatic heterocycles. The first-order valence-electron chi connectivity index (χ1n) is 8.21. The zero-order chi connectivity index (χ0) is 18.2. The largest absolute Gasteiger partial charge is 0.493 e. The fraction of sp³-hybridized carbons (Fsp3) is 0.238. The van der Waals surface area contributed by atoms with Crippen LogP contribution < -0.4 is 10.1 Å². The molecule has 0 fully saturated rings. The standard InChI is InChI=1S/C21H22N2O2/c1-15(2)14-25-19-10-8-17(9-11-19)12-18(13-22)21(24)23-20-7-5-4-6-16(20)3/h4-12,15H,14H2,1-3H3,(H,23,24)/b18-12-. The summed E-state index contributed by atoms with van der Waals surface area (Å²) in [4.78, 5) is 12.3. The Morgan fingerprint density at radius 1 is 1.20 bits per heavy atom. The van der Waals surface area contributed by atoms with Gasteiger partial charge >= 0.3 is 0 Å². The monoisotopic (exact) mass is 334 g/mol. The van der Waals surface area contributed by atoms with Gasteiger partial charge in [-0.2, -0.15) is 5.26 Å². The zero-order valence-corrected chi connectivity index (χ0v) is 14.7. The summed E-state index contributed by atoms with van der Waals surface area (Å²) in [5.41, 5.74) is 2.47. The van der Waals surface area contributed by atoms with E-state index in [-0.39, 0.29) is 5.57 Å². The van der Waals surface area contributed by atoms with E-state index in [1.165, 1.54) is 0 Å². The summed E-state index contributed by atoms with van der Waals surface area (Å²) in [7, 11) is 0. The van der Waals surface area contributed by atoms with E-state index in [1.54, 1.807) is 6.08 Å². The number of aryl methyl sites for hydroxylation is 1. The minimum absolute atomic E-state index is 0.0547. The number of nitriles is 1. The van der Waals surface area contributed by atoms with Gasteiger partial charge in [0, 0.05) is 5.69 Å². The first-order valence-corrected chi connectivity index (χ1v) is 8.21. The van der Waals surface area contributed by atoms with E-state index in [9.17, 15) is 10.1 Å². The minimum Gasteiger partial charge on any atom is -0.493 e. The summed E-state index contributed by atoms with van der Waals surface area (Å²) in [5.74, 6) is 0.806. The molecule has 1 N–H and O–H groups in total. The topological polar surface area (TPSA) is 62.1 Å². The van der Waals surface area contributed by atoms with Gasteiger partial charge in [0.15, 0.2) is 0 Å². The Kier molecular flexibility index (Phi) is 6.36. The molecule has 0 radical (unpaired) electrons. The molecule has 0 aliphatic carbocycles. The normalized spacial score (nSPS) is 11.1. The van der Waals surface area contributed by atoms with Gasteiger partial charge in [-0.15, -0.1) is 0 Å². The molecule has 0 aliphatic heterocycles. The average Bonchev–Trinajstić information content (AvgIpc) is 2.60. The van der Waals surface area contributed by atoms with Crippen molar-refractivity contribution >= 4 is 17.7 Å². The van der Waals surface area contributed by atoms with Gasteiger partial charge in [0.1, 0.15) is 17.4 Å². The number of rotatable bonds is 6. The lowest BCUT2D eigenvalue weighted by Gasteiger charge is -2.09. The first kappa shape index (κ1) is 18.3. The van der Waals surface area contributed by atoms with Crippen LogP contribution in [0.3, 0.4) is 0 Å². The highest BCUT2D eigenvalue weighted by Gasteiger charge is 2.10. The molecule has 0 unspecified atom stereocenters. The highest BCUT2D eigenvalue weighted by molar-refractivity contribution is 6.09. The fourth-order valence-electron chi connectivity index (χ4n) is 2.14. The van der Waals surface area contributed by atoms with Crippen molar-refractivity contribution in [2.75, 3.05) is 11.9 Å². The maximum absolute atomic E-state index is 12.3. The Bertz CT molecular complexity index is 799. The molecule has 4 nitrogen and oxygen atoms in total.